The molecule has 1 saturated heterocycles. The lowest BCUT2D eigenvalue weighted by Gasteiger charge is -2.40. The van der Waals surface area contributed by atoms with Crippen LogP contribution in [0.25, 0.3) is 10.9 Å². The van der Waals surface area contributed by atoms with E-state index >= 15 is 0 Å². The Hall–Kier alpha value is -3.17. The molecule has 1 aliphatic rings. The van der Waals surface area contributed by atoms with Crippen LogP contribution >= 0.6 is 0 Å². The van der Waals surface area contributed by atoms with Gasteiger partial charge in [-0.1, -0.05) is 0 Å². The third-order valence-corrected chi connectivity index (χ3v) is 6.35. The van der Waals surface area contributed by atoms with Gasteiger partial charge in [-0.25, -0.2) is 0 Å². The van der Waals surface area contributed by atoms with Crippen LogP contribution < -0.4 is 10.2 Å². The molecule has 1 aromatic carbocycles. The van der Waals surface area contributed by atoms with Crippen LogP contribution in [0.4, 0.5) is 18.9 Å². The summed E-state index contributed by atoms with van der Waals surface area (Å²) in [4.78, 5) is 36.5. The Balaban J connectivity index is 1.81. The zero-order valence-electron chi connectivity index (χ0n) is 20.3. The number of piperidine rings is 1. The summed E-state index contributed by atoms with van der Waals surface area (Å²) < 4.78 is 41.5. The smallest absolute Gasteiger partial charge is 0.368 e. The number of nitrogens with one attached hydrogen (secondary N) is 1. The summed E-state index contributed by atoms with van der Waals surface area (Å²) in [6.45, 7) is 4.84. The van der Waals surface area contributed by atoms with Crippen molar-refractivity contribution in [2.24, 2.45) is 10.9 Å². The maximum absolute atomic E-state index is 13.8. The third kappa shape index (κ3) is 6.49. The second-order valence-corrected chi connectivity index (χ2v) is 8.67. The maximum atomic E-state index is 13.8. The maximum Gasteiger partial charge on any atom is 0.393 e. The lowest BCUT2D eigenvalue weighted by molar-refractivity contribution is -0.178. The van der Waals surface area contributed by atoms with E-state index in [0.717, 1.165) is 10.9 Å². The average Bonchev–Trinajstić information content (AvgIpc) is 2.83. The number of alkyl halides is 3. The van der Waals surface area contributed by atoms with Gasteiger partial charge in [0.25, 0.3) is 0 Å². The number of nitrogens with zero attached hydrogens (tertiary/aromatic N) is 4. The second kappa shape index (κ2) is 11.5. The molecular formula is C25H32F3N5O2. The number of hydrogen-bond acceptors (Lipinski definition) is 5. The van der Waals surface area contributed by atoms with E-state index in [1.54, 1.807) is 47.5 Å². The molecule has 35 heavy (non-hydrogen) atoms. The highest BCUT2D eigenvalue weighted by Crippen LogP contribution is 2.37. The van der Waals surface area contributed by atoms with Crippen LogP contribution in [0.15, 0.2) is 35.5 Å². The van der Waals surface area contributed by atoms with Crippen molar-refractivity contribution in [3.63, 3.8) is 0 Å². The Labute approximate surface area is 203 Å². The third-order valence-electron chi connectivity index (χ3n) is 6.35. The summed E-state index contributed by atoms with van der Waals surface area (Å²) in [5.41, 5.74) is 2.06. The van der Waals surface area contributed by atoms with Gasteiger partial charge in [0.2, 0.25) is 11.8 Å². The number of rotatable bonds is 8. The van der Waals surface area contributed by atoms with Crippen molar-refractivity contribution >= 4 is 34.6 Å². The number of aromatic nitrogens is 1. The highest BCUT2D eigenvalue weighted by Gasteiger charge is 2.45. The number of carbonyl (C=O) groups excluding carboxylic acids is 2. The lowest BCUT2D eigenvalue weighted by Crippen LogP contribution is -2.54. The van der Waals surface area contributed by atoms with E-state index in [1.807, 2.05) is 19.9 Å². The van der Waals surface area contributed by atoms with Gasteiger partial charge < -0.3 is 15.1 Å². The predicted molar refractivity (Wildman–Crippen MR) is 131 cm³/mol. The molecule has 3 rings (SSSR count). The van der Waals surface area contributed by atoms with Gasteiger partial charge in [-0.2, -0.15) is 13.2 Å². The molecule has 10 heteroatoms. The molecule has 1 aromatic heterocycles. The summed E-state index contributed by atoms with van der Waals surface area (Å²) in [7, 11) is 1.64. The van der Waals surface area contributed by atoms with Crippen molar-refractivity contribution < 1.29 is 22.8 Å². The van der Waals surface area contributed by atoms with Gasteiger partial charge in [-0.05, 0) is 44.5 Å². The van der Waals surface area contributed by atoms with E-state index in [0.29, 0.717) is 24.3 Å². The number of anilines is 1. The molecule has 0 bridgehead atoms. The predicted octanol–water partition coefficient (Wildman–Crippen LogP) is 3.81. The highest BCUT2D eigenvalue weighted by molar-refractivity contribution is 6.03. The summed E-state index contributed by atoms with van der Waals surface area (Å²) in [6, 6.07) is 6.45. The number of carbonyl (C=O) groups is 2. The second-order valence-electron chi connectivity index (χ2n) is 8.67. The largest absolute Gasteiger partial charge is 0.393 e. The van der Waals surface area contributed by atoms with Gasteiger partial charge in [0.15, 0.2) is 0 Å². The van der Waals surface area contributed by atoms with E-state index in [1.165, 1.54) is 0 Å². The molecule has 2 atom stereocenters. The van der Waals surface area contributed by atoms with Crippen molar-refractivity contribution in [2.75, 3.05) is 38.1 Å². The lowest BCUT2D eigenvalue weighted by atomic mass is 9.92. The number of aliphatic imine (C=N–C) groups is 1. The van der Waals surface area contributed by atoms with Gasteiger partial charge in [-0.3, -0.25) is 19.6 Å². The topological polar surface area (TPSA) is 77.9 Å². The van der Waals surface area contributed by atoms with Crippen molar-refractivity contribution in [2.45, 2.75) is 45.3 Å². The van der Waals surface area contributed by atoms with Crippen LogP contribution in [0.1, 0.15) is 38.7 Å². The van der Waals surface area contributed by atoms with Crippen molar-refractivity contribution in [3.8, 4) is 0 Å². The van der Waals surface area contributed by atoms with Crippen molar-refractivity contribution in [3.05, 3.63) is 36.0 Å². The zero-order valence-corrected chi connectivity index (χ0v) is 20.3. The molecular weight excluding hydrogens is 459 g/mol. The SMILES string of the molecule is CCN(CC)C(=O)CCC(=O)N[C@@H]1C[C@H](C(F)(F)F)CN(c2ccc(/C=N\C)c3ncccc23)C1. The van der Waals surface area contributed by atoms with Gasteiger partial charge in [-0.15, -0.1) is 0 Å². The van der Waals surface area contributed by atoms with Crippen LogP contribution in [0.5, 0.6) is 0 Å². The molecule has 0 saturated carbocycles. The summed E-state index contributed by atoms with van der Waals surface area (Å²) in [6.07, 6.45) is -1.33. The number of benzene rings is 1. The number of fused-ring (bicyclic) bond motifs is 1. The molecule has 0 unspecified atom stereocenters. The Morgan fingerprint density at radius 3 is 2.60 bits per heavy atom. The van der Waals surface area contributed by atoms with E-state index in [-0.39, 0.29) is 38.3 Å². The van der Waals surface area contributed by atoms with Crippen molar-refractivity contribution in [1.29, 1.82) is 0 Å². The van der Waals surface area contributed by atoms with E-state index in [2.05, 4.69) is 15.3 Å². The standard InChI is InChI=1S/C25H32F3N5O2/c1-4-32(5-2)23(35)11-10-22(34)31-19-13-18(25(26,27)28)15-33(16-19)21-9-8-17(14-29-3)24-20(21)7-6-12-30-24/h6-9,12,14,18-19H,4-5,10-11,13,15-16H2,1-3H3,(H,31,34)/b29-14-/t18-,19+/m0/s1. The molecule has 0 radical (unpaired) electrons. The zero-order chi connectivity index (χ0) is 25.6. The number of pyridine rings is 1. The summed E-state index contributed by atoms with van der Waals surface area (Å²) in [5.74, 6) is -2.15. The summed E-state index contributed by atoms with van der Waals surface area (Å²) >= 11 is 0. The number of halogens is 3. The van der Waals surface area contributed by atoms with Crippen molar-refractivity contribution in [1.82, 2.24) is 15.2 Å². The molecule has 190 valence electrons. The fourth-order valence-electron chi connectivity index (χ4n) is 4.59. The monoisotopic (exact) mass is 491 g/mol. The Bertz CT molecular complexity index is 1070. The van der Waals surface area contributed by atoms with Crippen LogP contribution in [0, 0.1) is 5.92 Å². The molecule has 1 N–H and O–H groups in total. The molecule has 2 aromatic rings. The van der Waals surface area contributed by atoms with Gasteiger partial charge in [0.1, 0.15) is 0 Å². The average molecular weight is 492 g/mol. The fourth-order valence-corrected chi connectivity index (χ4v) is 4.59. The Morgan fingerprint density at radius 1 is 1.20 bits per heavy atom. The van der Waals surface area contributed by atoms with Gasteiger partial charge in [0.05, 0.1) is 11.4 Å². The van der Waals surface area contributed by atoms with Crippen LogP contribution in [-0.4, -0.2) is 73.4 Å². The van der Waals surface area contributed by atoms with E-state index in [4.69, 9.17) is 0 Å². The minimum Gasteiger partial charge on any atom is -0.368 e. The normalized spacial score (nSPS) is 18.7. The van der Waals surface area contributed by atoms with Crippen LogP contribution in [0.2, 0.25) is 0 Å². The first-order valence-electron chi connectivity index (χ1n) is 11.9. The number of amides is 2. The minimum atomic E-state index is -4.40. The quantitative estimate of drug-likeness (QED) is 0.570. The molecule has 2 amide bonds. The first-order chi connectivity index (χ1) is 16.7. The molecule has 2 heterocycles. The Kier molecular flexibility index (Phi) is 8.69. The Morgan fingerprint density at radius 2 is 1.94 bits per heavy atom. The molecule has 1 aliphatic heterocycles. The molecule has 0 aliphatic carbocycles. The molecule has 7 nitrogen and oxygen atoms in total. The minimum absolute atomic E-state index is 0.0311. The molecule has 0 spiro atoms. The van der Waals surface area contributed by atoms with E-state index in [9.17, 15) is 22.8 Å². The molecule has 1 fully saturated rings. The van der Waals surface area contributed by atoms with Crippen LogP contribution in [0.3, 0.4) is 0 Å². The van der Waals surface area contributed by atoms with E-state index < -0.39 is 24.0 Å². The fraction of sp³-hybridized carbons (Fsp3) is 0.520. The first kappa shape index (κ1) is 26.4. The van der Waals surface area contributed by atoms with Crippen LogP contribution in [-0.2, 0) is 9.59 Å². The summed E-state index contributed by atoms with van der Waals surface area (Å²) in [5, 5.41) is 3.47. The first-order valence-corrected chi connectivity index (χ1v) is 11.9. The van der Waals surface area contributed by atoms with Gasteiger partial charge in [0, 0.05) is 81.2 Å². The highest BCUT2D eigenvalue weighted by atomic mass is 19.4. The number of hydrogen-bond donors (Lipinski definition) is 1. The van der Waals surface area contributed by atoms with Gasteiger partial charge >= 0.3 is 6.18 Å².